The maximum absolute atomic E-state index is 16.9. The monoisotopic (exact) mass is 711 g/mol. The number of hydrogen-bond acceptors (Lipinski definition) is 10. The lowest BCUT2D eigenvalue weighted by molar-refractivity contribution is -0.135. The number of fused-ring (bicyclic) bond motifs is 2. The molecule has 3 aliphatic heterocycles. The molecule has 3 N–H and O–H groups in total. The number of nitrogens with one attached hydrogen (secondary N) is 1. The average molecular weight is 712 g/mol. The molecule has 14 heteroatoms. The van der Waals surface area contributed by atoms with Crippen LogP contribution >= 0.6 is 22.9 Å². The number of nitrogens with zero attached hydrogens (tertiary/aromatic N) is 5. The largest absolute Gasteiger partial charge is 0.474 e. The molecule has 0 bridgehead atoms. The Kier molecular flexibility index (Phi) is 8.57. The third-order valence-electron chi connectivity index (χ3n) is 11.1. The number of alkyl halides is 1. The number of nitrogen functional groups attached to an aromatic ring is 1. The maximum Gasteiger partial charge on any atom is 0.320 e. The number of ether oxygens (including phenoxy) is 2. The van der Waals surface area contributed by atoms with Crippen LogP contribution in [0.25, 0.3) is 10.9 Å². The summed E-state index contributed by atoms with van der Waals surface area (Å²) >= 11 is 7.91. The molecule has 2 aromatic heterocycles. The molecule has 49 heavy (non-hydrogen) atoms. The van der Waals surface area contributed by atoms with Crippen LogP contribution < -0.4 is 20.5 Å². The number of thiophene rings is 1. The zero-order valence-electron chi connectivity index (χ0n) is 27.6. The molecule has 3 saturated heterocycles. The molecule has 1 saturated carbocycles. The third-order valence-corrected chi connectivity index (χ3v) is 12.6. The van der Waals surface area contributed by atoms with Gasteiger partial charge in [-0.2, -0.15) is 15.2 Å². The summed E-state index contributed by atoms with van der Waals surface area (Å²) in [5.41, 5.74) is 6.80. The van der Waals surface area contributed by atoms with E-state index in [0.717, 1.165) is 30.7 Å². The highest BCUT2D eigenvalue weighted by molar-refractivity contribution is 7.16. The standard InChI is InChI=1S/C35H40ClF2N7O3S/c1-16-12-19(9-11-45(16)34(46)30-28(41-30)17-5-6-17)48-33-21-13-23(36)26(20-7-8-24(37)31-25(20)22(14-39)32(40)49-31)27(38)29(21)42-35(43-33)47-15-18-4-3-10-44(18)2/h13,16-20,24,28,30,41H,3-12,15,40H2,1-2H3/t16-,18?,19?,20-,24?,28-,30+/m0/s1. The number of benzene rings is 1. The minimum atomic E-state index is -1.29. The first kappa shape index (κ1) is 32.9. The molecule has 8 rings (SSSR count). The molecule has 1 aromatic carbocycles. The second kappa shape index (κ2) is 12.8. The van der Waals surface area contributed by atoms with E-state index in [9.17, 15) is 10.1 Å². The fourth-order valence-corrected chi connectivity index (χ4v) is 9.61. The van der Waals surface area contributed by atoms with Crippen LogP contribution in [-0.2, 0) is 4.79 Å². The molecule has 5 heterocycles. The van der Waals surface area contributed by atoms with Crippen molar-refractivity contribution < 1.29 is 23.0 Å². The SMILES string of the molecule is C[C@H]1CC(Oc2nc(OCC3CCCN3C)nc3c(F)c([C@H]4CCC(F)c5sc(N)c(C#N)c54)c(Cl)cc23)CCN1C(=O)[C@@H]1N[C@H]1C1CC1. The van der Waals surface area contributed by atoms with Crippen LogP contribution in [0.5, 0.6) is 11.9 Å². The topological polar surface area (TPSA) is 140 Å². The molecule has 3 aromatic rings. The summed E-state index contributed by atoms with van der Waals surface area (Å²) in [5.74, 6) is -0.419. The van der Waals surface area contributed by atoms with E-state index < -0.39 is 17.9 Å². The molecular weight excluding hydrogens is 672 g/mol. The van der Waals surface area contributed by atoms with Crippen LogP contribution in [0, 0.1) is 23.1 Å². The highest BCUT2D eigenvalue weighted by atomic mass is 35.5. The van der Waals surface area contributed by atoms with E-state index in [4.69, 9.17) is 26.8 Å². The second-order valence-corrected chi connectivity index (χ2v) is 15.9. The van der Waals surface area contributed by atoms with Gasteiger partial charge in [-0.05, 0) is 76.6 Å². The zero-order chi connectivity index (χ0) is 34.1. The lowest BCUT2D eigenvalue weighted by atomic mass is 9.79. The molecule has 7 atom stereocenters. The van der Waals surface area contributed by atoms with Gasteiger partial charge in [0.15, 0.2) is 5.82 Å². The molecule has 10 nitrogen and oxygen atoms in total. The summed E-state index contributed by atoms with van der Waals surface area (Å²) in [6.45, 7) is 3.88. The number of likely N-dealkylation sites (tertiary alicyclic amines) is 2. The van der Waals surface area contributed by atoms with Gasteiger partial charge in [-0.3, -0.25) is 10.1 Å². The van der Waals surface area contributed by atoms with Crippen LogP contribution in [0.2, 0.25) is 5.02 Å². The Morgan fingerprint density at radius 3 is 2.73 bits per heavy atom. The number of anilines is 1. The predicted octanol–water partition coefficient (Wildman–Crippen LogP) is 5.86. The molecule has 4 fully saturated rings. The lowest BCUT2D eigenvalue weighted by Gasteiger charge is -2.37. The molecule has 0 spiro atoms. The van der Waals surface area contributed by atoms with Gasteiger partial charge in [0.05, 0.1) is 10.9 Å². The maximum atomic E-state index is 16.9. The average Bonchev–Trinajstić information content (AvgIpc) is 3.99. The van der Waals surface area contributed by atoms with Crippen LogP contribution in [0.4, 0.5) is 13.8 Å². The van der Waals surface area contributed by atoms with E-state index in [1.807, 2.05) is 18.9 Å². The Bertz CT molecular complexity index is 1850. The van der Waals surface area contributed by atoms with Crippen LogP contribution in [-0.4, -0.2) is 82.7 Å². The first-order chi connectivity index (χ1) is 23.6. The van der Waals surface area contributed by atoms with Crippen molar-refractivity contribution in [2.75, 3.05) is 32.5 Å². The molecule has 260 valence electrons. The highest BCUT2D eigenvalue weighted by Crippen LogP contribution is 2.52. The fraction of sp³-hybridized carbons (Fsp3) is 0.600. The second-order valence-electron chi connectivity index (χ2n) is 14.4. The van der Waals surface area contributed by atoms with Crippen molar-refractivity contribution >= 4 is 44.7 Å². The van der Waals surface area contributed by atoms with Crippen LogP contribution in [0.1, 0.15) is 91.9 Å². The Morgan fingerprint density at radius 2 is 2.02 bits per heavy atom. The van der Waals surface area contributed by atoms with Crippen molar-refractivity contribution in [1.29, 1.82) is 5.26 Å². The Balaban J connectivity index is 1.12. The molecule has 0 radical (unpaired) electrons. The molecule has 2 aliphatic carbocycles. The van der Waals surface area contributed by atoms with E-state index in [1.54, 1.807) is 6.07 Å². The number of hydrogen-bond donors (Lipinski definition) is 2. The first-order valence-electron chi connectivity index (χ1n) is 17.3. The van der Waals surface area contributed by atoms with Crippen molar-refractivity contribution in [3.63, 3.8) is 0 Å². The predicted molar refractivity (Wildman–Crippen MR) is 182 cm³/mol. The summed E-state index contributed by atoms with van der Waals surface area (Å²) in [7, 11) is 2.04. The number of aromatic nitrogens is 2. The highest BCUT2D eigenvalue weighted by Gasteiger charge is 2.53. The first-order valence-corrected chi connectivity index (χ1v) is 18.5. The van der Waals surface area contributed by atoms with Gasteiger partial charge in [0.2, 0.25) is 11.8 Å². The van der Waals surface area contributed by atoms with Gasteiger partial charge in [-0.1, -0.05) is 11.6 Å². The summed E-state index contributed by atoms with van der Waals surface area (Å²) in [4.78, 5) is 26.9. The van der Waals surface area contributed by atoms with Crippen molar-refractivity contribution in [1.82, 2.24) is 25.1 Å². The Hall–Kier alpha value is -3.31. The van der Waals surface area contributed by atoms with Crippen molar-refractivity contribution in [2.24, 2.45) is 5.92 Å². The van der Waals surface area contributed by atoms with Crippen molar-refractivity contribution in [3.05, 3.63) is 38.5 Å². The number of carbonyl (C=O) groups is 1. The number of nitriles is 1. The summed E-state index contributed by atoms with van der Waals surface area (Å²) < 4.78 is 44.6. The van der Waals surface area contributed by atoms with Gasteiger partial charge in [-0.25, -0.2) is 8.78 Å². The van der Waals surface area contributed by atoms with Crippen LogP contribution in [0.15, 0.2) is 6.07 Å². The van der Waals surface area contributed by atoms with E-state index >= 15 is 8.78 Å². The third kappa shape index (κ3) is 5.98. The van der Waals surface area contributed by atoms with Crippen LogP contribution in [0.3, 0.4) is 0 Å². The number of nitrogens with two attached hydrogens (primary N) is 1. The number of amides is 1. The summed E-state index contributed by atoms with van der Waals surface area (Å²) in [5, 5.41) is 13.9. The number of piperidine rings is 1. The number of halogens is 3. The van der Waals surface area contributed by atoms with Crippen molar-refractivity contribution in [2.45, 2.75) is 101 Å². The van der Waals surface area contributed by atoms with Gasteiger partial charge in [-0.15, -0.1) is 11.3 Å². The molecule has 1 amide bonds. The summed E-state index contributed by atoms with van der Waals surface area (Å²) in [6, 6.07) is 4.06. The smallest absolute Gasteiger partial charge is 0.320 e. The van der Waals surface area contributed by atoms with Gasteiger partial charge < -0.3 is 25.0 Å². The van der Waals surface area contributed by atoms with Gasteiger partial charge in [0.1, 0.15) is 41.5 Å². The Morgan fingerprint density at radius 1 is 1.20 bits per heavy atom. The lowest BCUT2D eigenvalue weighted by Crippen LogP contribution is -2.49. The Labute approximate surface area is 292 Å². The minimum Gasteiger partial charge on any atom is -0.474 e. The van der Waals surface area contributed by atoms with Gasteiger partial charge in [0, 0.05) is 58.9 Å². The normalized spacial score (nSPS) is 29.9. The molecule has 5 aliphatic rings. The fourth-order valence-electron chi connectivity index (χ4n) is 8.19. The van der Waals surface area contributed by atoms with E-state index in [1.165, 1.54) is 12.8 Å². The molecule has 3 unspecified atom stereocenters. The van der Waals surface area contributed by atoms with E-state index in [0.29, 0.717) is 53.8 Å². The minimum absolute atomic E-state index is 0.00722. The van der Waals surface area contributed by atoms with Crippen molar-refractivity contribution in [3.8, 4) is 18.0 Å². The number of carbonyl (C=O) groups excluding carboxylic acids is 1. The number of likely N-dealkylation sites (N-methyl/N-ethyl adjacent to an activating group) is 1. The van der Waals surface area contributed by atoms with Gasteiger partial charge >= 0.3 is 6.01 Å². The van der Waals surface area contributed by atoms with E-state index in [2.05, 4.69) is 26.3 Å². The summed E-state index contributed by atoms with van der Waals surface area (Å²) in [6.07, 6.45) is 4.42. The quantitative estimate of drug-likeness (QED) is 0.275. The zero-order valence-corrected chi connectivity index (χ0v) is 29.1. The van der Waals surface area contributed by atoms with E-state index in [-0.39, 0.29) is 81.5 Å². The molecular formula is C35H40ClF2N7O3S. The number of rotatable bonds is 8. The van der Waals surface area contributed by atoms with Gasteiger partial charge in [0.25, 0.3) is 0 Å².